The first-order valence-corrected chi connectivity index (χ1v) is 9.09. The van der Waals surface area contributed by atoms with Crippen LogP contribution in [0.4, 0.5) is 5.69 Å². The molecule has 5 nitrogen and oxygen atoms in total. The molecule has 20 heavy (non-hydrogen) atoms. The van der Waals surface area contributed by atoms with Crippen molar-refractivity contribution in [3.63, 3.8) is 0 Å². The van der Waals surface area contributed by atoms with Gasteiger partial charge in [0.2, 0.25) is 0 Å². The van der Waals surface area contributed by atoms with E-state index in [1.807, 2.05) is 6.92 Å². The summed E-state index contributed by atoms with van der Waals surface area (Å²) in [4.78, 5) is 5.01. The highest BCUT2D eigenvalue weighted by Gasteiger charge is 2.20. The largest absolute Gasteiger partial charge is 0.312 e. The fourth-order valence-corrected chi connectivity index (χ4v) is 4.57. The molecule has 0 amide bonds. The molecule has 2 rings (SSSR count). The second kappa shape index (κ2) is 6.66. The SMILES string of the molecule is CCNCc1sccc1S(=O)(=O)Nc1ccncc1Br. The Kier molecular flexibility index (Phi) is 5.14. The van der Waals surface area contributed by atoms with Crippen LogP contribution in [0.2, 0.25) is 0 Å². The molecule has 0 unspecified atom stereocenters. The van der Waals surface area contributed by atoms with Gasteiger partial charge in [-0.2, -0.15) is 0 Å². The van der Waals surface area contributed by atoms with Crippen LogP contribution < -0.4 is 10.0 Å². The third kappa shape index (κ3) is 3.57. The third-order valence-electron chi connectivity index (χ3n) is 2.55. The number of sulfonamides is 1. The molecule has 0 bridgehead atoms. The zero-order valence-electron chi connectivity index (χ0n) is 10.8. The molecule has 108 valence electrons. The Morgan fingerprint density at radius 3 is 2.90 bits per heavy atom. The first-order valence-electron chi connectivity index (χ1n) is 5.94. The average molecular weight is 376 g/mol. The monoisotopic (exact) mass is 375 g/mol. The van der Waals surface area contributed by atoms with E-state index in [4.69, 9.17) is 0 Å². The van der Waals surface area contributed by atoms with E-state index >= 15 is 0 Å². The van der Waals surface area contributed by atoms with E-state index < -0.39 is 10.0 Å². The van der Waals surface area contributed by atoms with Crippen molar-refractivity contribution in [2.75, 3.05) is 11.3 Å². The van der Waals surface area contributed by atoms with Crippen LogP contribution in [-0.4, -0.2) is 19.9 Å². The van der Waals surface area contributed by atoms with Crippen LogP contribution in [0.5, 0.6) is 0 Å². The third-order valence-corrected chi connectivity index (χ3v) is 5.68. The van der Waals surface area contributed by atoms with Crippen LogP contribution in [0.1, 0.15) is 11.8 Å². The molecule has 2 heterocycles. The summed E-state index contributed by atoms with van der Waals surface area (Å²) in [6.07, 6.45) is 3.08. The average Bonchev–Trinajstić information content (AvgIpc) is 2.88. The van der Waals surface area contributed by atoms with Crippen LogP contribution in [-0.2, 0) is 16.6 Å². The summed E-state index contributed by atoms with van der Waals surface area (Å²) in [5.41, 5.74) is 0.473. The standard InChI is InChI=1S/C12H14BrN3O2S2/c1-2-14-8-11-12(4-6-19-11)20(17,18)16-10-3-5-15-7-9(10)13/h3-7,14H,2,8H2,1H3,(H,15,16). The molecule has 2 aromatic rings. The number of thiophene rings is 1. The minimum atomic E-state index is -3.59. The van der Waals surface area contributed by atoms with Crippen molar-refractivity contribution in [3.05, 3.63) is 39.3 Å². The molecular formula is C12H14BrN3O2S2. The van der Waals surface area contributed by atoms with Gasteiger partial charge in [-0.3, -0.25) is 9.71 Å². The first-order chi connectivity index (χ1) is 9.54. The van der Waals surface area contributed by atoms with E-state index in [9.17, 15) is 8.42 Å². The Morgan fingerprint density at radius 2 is 2.20 bits per heavy atom. The van der Waals surface area contributed by atoms with Crippen molar-refractivity contribution in [2.24, 2.45) is 0 Å². The predicted octanol–water partition coefficient (Wildman–Crippen LogP) is 2.82. The molecule has 0 aliphatic heterocycles. The Morgan fingerprint density at radius 1 is 1.40 bits per heavy atom. The van der Waals surface area contributed by atoms with Gasteiger partial charge in [-0.1, -0.05) is 6.92 Å². The summed E-state index contributed by atoms with van der Waals surface area (Å²) in [6, 6.07) is 3.23. The van der Waals surface area contributed by atoms with Gasteiger partial charge in [0.05, 0.1) is 10.2 Å². The van der Waals surface area contributed by atoms with Crippen molar-refractivity contribution in [3.8, 4) is 0 Å². The lowest BCUT2D eigenvalue weighted by Crippen LogP contribution is -2.17. The highest BCUT2D eigenvalue weighted by Crippen LogP contribution is 2.27. The lowest BCUT2D eigenvalue weighted by Gasteiger charge is -2.10. The molecule has 2 N–H and O–H groups in total. The van der Waals surface area contributed by atoms with Gasteiger partial charge in [-0.05, 0) is 40.0 Å². The number of hydrogen-bond donors (Lipinski definition) is 2. The summed E-state index contributed by atoms with van der Waals surface area (Å²) in [6.45, 7) is 3.32. The topological polar surface area (TPSA) is 71.1 Å². The molecule has 0 aliphatic rings. The maximum atomic E-state index is 12.4. The Balaban J connectivity index is 2.27. The number of halogens is 1. The zero-order valence-corrected chi connectivity index (χ0v) is 14.0. The summed E-state index contributed by atoms with van der Waals surface area (Å²) in [5, 5.41) is 4.92. The van der Waals surface area contributed by atoms with Crippen molar-refractivity contribution in [2.45, 2.75) is 18.4 Å². The van der Waals surface area contributed by atoms with Gasteiger partial charge in [0.15, 0.2) is 0 Å². The maximum absolute atomic E-state index is 12.4. The van der Waals surface area contributed by atoms with Crippen LogP contribution in [0.25, 0.3) is 0 Å². The van der Waals surface area contributed by atoms with Crippen molar-refractivity contribution in [1.82, 2.24) is 10.3 Å². The van der Waals surface area contributed by atoms with Crippen LogP contribution >= 0.6 is 27.3 Å². The molecule has 0 saturated carbocycles. The molecule has 8 heteroatoms. The second-order valence-corrected chi connectivity index (χ2v) is 7.46. The van der Waals surface area contributed by atoms with Gasteiger partial charge in [0.25, 0.3) is 10.0 Å². The Labute approximate surface area is 130 Å². The van der Waals surface area contributed by atoms with Gasteiger partial charge < -0.3 is 5.32 Å². The summed E-state index contributed by atoms with van der Waals surface area (Å²) < 4.78 is 28.0. The molecule has 0 fully saturated rings. The molecular weight excluding hydrogens is 362 g/mol. The van der Waals surface area contributed by atoms with Gasteiger partial charge in [0, 0.05) is 23.8 Å². The zero-order chi connectivity index (χ0) is 14.6. The number of pyridine rings is 1. The molecule has 2 aromatic heterocycles. The highest BCUT2D eigenvalue weighted by atomic mass is 79.9. The van der Waals surface area contributed by atoms with Crippen LogP contribution in [0, 0.1) is 0 Å². The Hall–Kier alpha value is -0.960. The lowest BCUT2D eigenvalue weighted by atomic mass is 10.4. The number of anilines is 1. The lowest BCUT2D eigenvalue weighted by molar-refractivity contribution is 0.599. The minimum Gasteiger partial charge on any atom is -0.312 e. The maximum Gasteiger partial charge on any atom is 0.263 e. The van der Waals surface area contributed by atoms with Crippen molar-refractivity contribution < 1.29 is 8.42 Å². The minimum absolute atomic E-state index is 0.312. The van der Waals surface area contributed by atoms with Gasteiger partial charge in [0.1, 0.15) is 4.90 Å². The van der Waals surface area contributed by atoms with E-state index in [0.717, 1.165) is 11.4 Å². The summed E-state index contributed by atoms with van der Waals surface area (Å²) in [5.74, 6) is 0. The number of aromatic nitrogens is 1. The summed E-state index contributed by atoms with van der Waals surface area (Å²) >= 11 is 4.70. The van der Waals surface area contributed by atoms with E-state index in [-0.39, 0.29) is 0 Å². The normalized spacial score (nSPS) is 11.5. The fraction of sp³-hybridized carbons (Fsp3) is 0.250. The van der Waals surface area contributed by atoms with Crippen LogP contribution in [0.3, 0.4) is 0 Å². The number of nitrogens with one attached hydrogen (secondary N) is 2. The number of hydrogen-bond acceptors (Lipinski definition) is 5. The van der Waals surface area contributed by atoms with E-state index in [1.54, 1.807) is 23.7 Å². The molecule has 0 spiro atoms. The molecule has 0 radical (unpaired) electrons. The predicted molar refractivity (Wildman–Crippen MR) is 84.4 cm³/mol. The molecule has 0 atom stereocenters. The highest BCUT2D eigenvalue weighted by molar-refractivity contribution is 9.10. The first kappa shape index (κ1) is 15.4. The fourth-order valence-electron chi connectivity index (χ4n) is 1.59. The number of nitrogens with zero attached hydrogens (tertiary/aromatic N) is 1. The summed E-state index contributed by atoms with van der Waals surface area (Å²) in [7, 11) is -3.59. The second-order valence-electron chi connectivity index (χ2n) is 3.95. The molecule has 0 saturated heterocycles. The van der Waals surface area contributed by atoms with Crippen LogP contribution in [0.15, 0.2) is 39.3 Å². The van der Waals surface area contributed by atoms with E-state index in [1.165, 1.54) is 17.5 Å². The molecule has 0 aromatic carbocycles. The van der Waals surface area contributed by atoms with E-state index in [0.29, 0.717) is 21.6 Å². The van der Waals surface area contributed by atoms with E-state index in [2.05, 4.69) is 31.0 Å². The van der Waals surface area contributed by atoms with Crippen molar-refractivity contribution in [1.29, 1.82) is 0 Å². The van der Waals surface area contributed by atoms with Crippen molar-refractivity contribution >= 4 is 43.0 Å². The van der Waals surface area contributed by atoms with Gasteiger partial charge in [-0.25, -0.2) is 8.42 Å². The quantitative estimate of drug-likeness (QED) is 0.814. The van der Waals surface area contributed by atoms with Gasteiger partial charge >= 0.3 is 0 Å². The molecule has 0 aliphatic carbocycles. The Bertz CT molecular complexity index is 686. The van der Waals surface area contributed by atoms with Gasteiger partial charge in [-0.15, -0.1) is 11.3 Å². The number of rotatable bonds is 6. The smallest absolute Gasteiger partial charge is 0.263 e.